The minimum absolute atomic E-state index is 0. The van der Waals surface area contributed by atoms with Crippen LogP contribution in [-0.2, 0) is 0 Å². The third-order valence-corrected chi connectivity index (χ3v) is 3.58. The van der Waals surface area contributed by atoms with Gasteiger partial charge in [-0.3, -0.25) is 4.99 Å². The van der Waals surface area contributed by atoms with Crippen molar-refractivity contribution in [2.24, 2.45) is 4.99 Å². The summed E-state index contributed by atoms with van der Waals surface area (Å²) in [5.74, 6) is -1.59. The van der Waals surface area contributed by atoms with E-state index in [1.165, 1.54) is 18.2 Å². The number of rotatable bonds is 8. The second-order valence-corrected chi connectivity index (χ2v) is 5.61. The van der Waals surface area contributed by atoms with Gasteiger partial charge in [0.15, 0.2) is 17.5 Å². The highest BCUT2D eigenvalue weighted by Gasteiger charge is 2.12. The Labute approximate surface area is 179 Å². The normalized spacial score (nSPS) is 12.1. The number of hydrogen-bond acceptors (Lipinski definition) is 3. The van der Waals surface area contributed by atoms with E-state index in [0.717, 1.165) is 12.1 Å². The number of nitrogens with one attached hydrogen (secondary N) is 2. The van der Waals surface area contributed by atoms with E-state index in [1.807, 2.05) is 6.92 Å². The highest BCUT2D eigenvalue weighted by Crippen LogP contribution is 2.17. The van der Waals surface area contributed by atoms with Gasteiger partial charge in [-0.2, -0.15) is 0 Å². The fourth-order valence-corrected chi connectivity index (χ4v) is 2.29. The summed E-state index contributed by atoms with van der Waals surface area (Å²) < 4.78 is 45.2. The Hall–Kier alpha value is -2.01. The molecule has 0 radical (unpaired) electrons. The molecule has 0 saturated carbocycles. The molecule has 0 aliphatic heterocycles. The fourth-order valence-electron chi connectivity index (χ4n) is 2.29. The number of halogens is 4. The first-order valence-corrected chi connectivity index (χ1v) is 8.53. The average molecular weight is 509 g/mol. The molecule has 0 bridgehead atoms. The highest BCUT2D eigenvalue weighted by molar-refractivity contribution is 14.0. The van der Waals surface area contributed by atoms with Crippen molar-refractivity contribution in [1.82, 2.24) is 10.6 Å². The van der Waals surface area contributed by atoms with Crippen LogP contribution < -0.4 is 15.4 Å². The molecular formula is C19H23F3IN3O2. The van der Waals surface area contributed by atoms with Gasteiger partial charge in [-0.25, -0.2) is 13.2 Å². The van der Waals surface area contributed by atoms with Crippen LogP contribution >= 0.6 is 24.0 Å². The van der Waals surface area contributed by atoms with Crippen LogP contribution in [0.1, 0.15) is 18.6 Å². The van der Waals surface area contributed by atoms with Crippen molar-refractivity contribution in [2.45, 2.75) is 13.0 Å². The molecule has 0 heterocycles. The van der Waals surface area contributed by atoms with Gasteiger partial charge in [0.05, 0.1) is 13.1 Å². The maximum Gasteiger partial charge on any atom is 0.191 e. The van der Waals surface area contributed by atoms with Crippen molar-refractivity contribution in [3.05, 3.63) is 65.5 Å². The zero-order chi connectivity index (χ0) is 19.6. The molecule has 1 unspecified atom stereocenters. The number of aliphatic hydroxyl groups excluding tert-OH is 1. The van der Waals surface area contributed by atoms with Gasteiger partial charge in [-0.05, 0) is 25.1 Å². The molecule has 0 amide bonds. The molecule has 0 saturated heterocycles. The van der Waals surface area contributed by atoms with E-state index in [4.69, 9.17) is 4.74 Å². The molecule has 1 atom stereocenters. The molecule has 2 aromatic rings. The van der Waals surface area contributed by atoms with Crippen LogP contribution in [0.2, 0.25) is 0 Å². The van der Waals surface area contributed by atoms with Gasteiger partial charge in [0, 0.05) is 18.2 Å². The number of ether oxygens (including phenoxy) is 1. The van der Waals surface area contributed by atoms with Gasteiger partial charge in [-0.15, -0.1) is 24.0 Å². The molecule has 2 rings (SSSR count). The Morgan fingerprint density at radius 3 is 2.54 bits per heavy atom. The molecule has 154 valence electrons. The number of benzene rings is 2. The van der Waals surface area contributed by atoms with Crippen molar-refractivity contribution in [3.63, 3.8) is 0 Å². The topological polar surface area (TPSA) is 65.9 Å². The molecule has 0 aliphatic carbocycles. The molecule has 0 aromatic heterocycles. The first-order chi connectivity index (χ1) is 13.0. The van der Waals surface area contributed by atoms with E-state index >= 15 is 0 Å². The van der Waals surface area contributed by atoms with Crippen molar-refractivity contribution in [3.8, 4) is 5.75 Å². The van der Waals surface area contributed by atoms with E-state index in [-0.39, 0.29) is 48.4 Å². The summed E-state index contributed by atoms with van der Waals surface area (Å²) in [5, 5.41) is 16.0. The van der Waals surface area contributed by atoms with Crippen molar-refractivity contribution in [1.29, 1.82) is 0 Å². The Bertz CT molecular complexity index is 778. The van der Waals surface area contributed by atoms with Crippen LogP contribution in [0.15, 0.2) is 47.5 Å². The summed E-state index contributed by atoms with van der Waals surface area (Å²) in [4.78, 5) is 4.20. The molecule has 28 heavy (non-hydrogen) atoms. The van der Waals surface area contributed by atoms with Crippen LogP contribution in [0.3, 0.4) is 0 Å². The van der Waals surface area contributed by atoms with E-state index in [1.54, 1.807) is 12.1 Å². The van der Waals surface area contributed by atoms with E-state index in [0.29, 0.717) is 19.0 Å². The minimum Gasteiger partial charge on any atom is -0.489 e. The third-order valence-electron chi connectivity index (χ3n) is 3.58. The second kappa shape index (κ2) is 12.4. The summed E-state index contributed by atoms with van der Waals surface area (Å²) >= 11 is 0. The fraction of sp³-hybridized carbons (Fsp3) is 0.316. The summed E-state index contributed by atoms with van der Waals surface area (Å²) in [6.45, 7) is 2.81. The Kier molecular flexibility index (Phi) is 10.7. The van der Waals surface area contributed by atoms with E-state index in [9.17, 15) is 18.3 Å². The number of aliphatic imine (C=N–C) groups is 1. The van der Waals surface area contributed by atoms with E-state index < -0.39 is 23.6 Å². The maximum absolute atomic E-state index is 13.7. The smallest absolute Gasteiger partial charge is 0.191 e. The van der Waals surface area contributed by atoms with Crippen molar-refractivity contribution >= 4 is 29.9 Å². The standard InChI is InChI=1S/C19H22F3N3O2.HI/c1-2-23-19(25-12-17(26)14-5-3-4-6-15(14)21)24-9-10-27-18-8-7-13(20)11-16(18)22;/h3-8,11,17,26H,2,9-10,12H2,1H3,(H2,23,24,25);1H. The van der Waals surface area contributed by atoms with Crippen LogP contribution in [0, 0.1) is 17.5 Å². The molecule has 0 spiro atoms. The van der Waals surface area contributed by atoms with Crippen LogP contribution in [-0.4, -0.2) is 37.3 Å². The highest BCUT2D eigenvalue weighted by atomic mass is 127. The van der Waals surface area contributed by atoms with Gasteiger partial charge in [0.1, 0.15) is 24.3 Å². The van der Waals surface area contributed by atoms with Crippen molar-refractivity contribution < 1.29 is 23.0 Å². The predicted octanol–water partition coefficient (Wildman–Crippen LogP) is 3.39. The van der Waals surface area contributed by atoms with Gasteiger partial charge in [0.25, 0.3) is 0 Å². The monoisotopic (exact) mass is 509 g/mol. The Morgan fingerprint density at radius 2 is 1.86 bits per heavy atom. The molecule has 3 N–H and O–H groups in total. The number of hydrogen-bond donors (Lipinski definition) is 3. The average Bonchev–Trinajstić information content (AvgIpc) is 2.64. The first kappa shape index (κ1) is 24.0. The van der Waals surface area contributed by atoms with Gasteiger partial charge >= 0.3 is 0 Å². The van der Waals surface area contributed by atoms with Crippen molar-refractivity contribution in [2.75, 3.05) is 26.2 Å². The van der Waals surface area contributed by atoms with Gasteiger partial charge in [0.2, 0.25) is 0 Å². The summed E-state index contributed by atoms with van der Waals surface area (Å²) in [6, 6.07) is 9.04. The third kappa shape index (κ3) is 7.55. The lowest BCUT2D eigenvalue weighted by Gasteiger charge is -2.14. The second-order valence-electron chi connectivity index (χ2n) is 5.61. The Morgan fingerprint density at radius 1 is 1.11 bits per heavy atom. The number of nitrogens with zero attached hydrogens (tertiary/aromatic N) is 1. The first-order valence-electron chi connectivity index (χ1n) is 8.53. The molecule has 2 aromatic carbocycles. The zero-order valence-electron chi connectivity index (χ0n) is 15.3. The minimum atomic E-state index is -1.08. The predicted molar refractivity (Wildman–Crippen MR) is 113 cm³/mol. The Balaban J connectivity index is 0.00000392. The largest absolute Gasteiger partial charge is 0.489 e. The molecule has 5 nitrogen and oxygen atoms in total. The SMILES string of the molecule is CCNC(=NCC(O)c1ccccc1F)NCCOc1ccc(F)cc1F.I. The summed E-state index contributed by atoms with van der Waals surface area (Å²) in [6.07, 6.45) is -1.08. The summed E-state index contributed by atoms with van der Waals surface area (Å²) in [7, 11) is 0. The maximum atomic E-state index is 13.7. The van der Waals surface area contributed by atoms with Crippen LogP contribution in [0.4, 0.5) is 13.2 Å². The molecule has 9 heteroatoms. The van der Waals surface area contributed by atoms with Crippen LogP contribution in [0.25, 0.3) is 0 Å². The van der Waals surface area contributed by atoms with Gasteiger partial charge in [-0.1, -0.05) is 18.2 Å². The lowest BCUT2D eigenvalue weighted by molar-refractivity contribution is 0.182. The molecule has 0 fully saturated rings. The molecular weight excluding hydrogens is 486 g/mol. The van der Waals surface area contributed by atoms with E-state index in [2.05, 4.69) is 15.6 Å². The summed E-state index contributed by atoms with van der Waals surface area (Å²) in [5.41, 5.74) is 0.173. The van der Waals surface area contributed by atoms with Crippen LogP contribution in [0.5, 0.6) is 5.75 Å². The quantitative estimate of drug-likeness (QED) is 0.221. The lowest BCUT2D eigenvalue weighted by Crippen LogP contribution is -2.39. The van der Waals surface area contributed by atoms with Gasteiger partial charge < -0.3 is 20.5 Å². The number of guanidine groups is 1. The zero-order valence-corrected chi connectivity index (χ0v) is 17.6. The molecule has 0 aliphatic rings. The lowest BCUT2D eigenvalue weighted by atomic mass is 10.1. The number of aliphatic hydroxyl groups is 1.